The first-order chi connectivity index (χ1) is 13.2. The fourth-order valence-corrected chi connectivity index (χ4v) is 2.68. The number of pyridine rings is 1. The number of aromatic nitrogens is 1. The summed E-state index contributed by atoms with van der Waals surface area (Å²) in [5.74, 6) is 3.97. The molecule has 1 unspecified atom stereocenters. The molecule has 1 heterocycles. The van der Waals surface area contributed by atoms with Crippen LogP contribution < -0.4 is 11.7 Å². The van der Waals surface area contributed by atoms with Gasteiger partial charge in [0.15, 0.2) is 5.60 Å². The van der Waals surface area contributed by atoms with Gasteiger partial charge >= 0.3 is 5.92 Å². The minimum Gasteiger partial charge on any atom is -0.377 e. The Hall–Kier alpha value is -2.98. The minimum atomic E-state index is -4.11. The Labute approximate surface area is 158 Å². The number of rotatable bonds is 8. The maximum Gasteiger partial charge on any atom is 0.323 e. The molecule has 1 aromatic heterocycles. The molecule has 0 aliphatic carbocycles. The molecule has 10 heteroatoms. The van der Waals surface area contributed by atoms with Crippen LogP contribution in [0.4, 0.5) is 17.6 Å². The second-order valence-corrected chi connectivity index (χ2v) is 6.04. The predicted molar refractivity (Wildman–Crippen MR) is 95.9 cm³/mol. The number of nitrogens with two attached hydrogens (primary N) is 2. The monoisotopic (exact) mass is 397 g/mol. The zero-order chi connectivity index (χ0) is 20.9. The van der Waals surface area contributed by atoms with E-state index < -0.39 is 41.0 Å². The Morgan fingerprint density at radius 1 is 1.25 bits per heavy atom. The van der Waals surface area contributed by atoms with Crippen LogP contribution in [0.25, 0.3) is 0 Å². The number of allylic oxidation sites excluding steroid dienone is 1. The van der Waals surface area contributed by atoms with Gasteiger partial charge in [-0.25, -0.2) is 14.6 Å². The molecule has 0 fully saturated rings. The van der Waals surface area contributed by atoms with E-state index in [2.05, 4.69) is 16.7 Å². The van der Waals surface area contributed by atoms with Crippen molar-refractivity contribution in [3.05, 3.63) is 77.6 Å². The van der Waals surface area contributed by atoms with E-state index in [1.54, 1.807) is 6.08 Å². The number of nitrogens with zero attached hydrogens (tertiary/aromatic N) is 3. The Bertz CT molecular complexity index is 860. The smallest absolute Gasteiger partial charge is 0.323 e. The van der Waals surface area contributed by atoms with Crippen LogP contribution in [0.15, 0.2) is 54.3 Å². The second-order valence-electron chi connectivity index (χ2n) is 6.04. The molecule has 6 nitrogen and oxygen atoms in total. The lowest BCUT2D eigenvalue weighted by molar-refractivity contribution is -0.203. The van der Waals surface area contributed by atoms with Gasteiger partial charge in [-0.05, 0) is 30.2 Å². The van der Waals surface area contributed by atoms with Gasteiger partial charge in [-0.15, -0.1) is 6.58 Å². The summed E-state index contributed by atoms with van der Waals surface area (Å²) in [5.41, 5.74) is -4.30. The molecule has 0 aliphatic rings. The number of alkyl halides is 2. The van der Waals surface area contributed by atoms with E-state index in [1.165, 1.54) is 12.3 Å². The third-order valence-corrected chi connectivity index (χ3v) is 4.05. The number of benzene rings is 1. The second kappa shape index (κ2) is 8.36. The van der Waals surface area contributed by atoms with E-state index >= 15 is 8.78 Å². The molecule has 1 atom stereocenters. The lowest BCUT2D eigenvalue weighted by atomic mass is 9.84. The maximum absolute atomic E-state index is 15.3. The number of hydrogen-bond acceptors (Lipinski definition) is 5. The molecule has 0 aliphatic heterocycles. The summed E-state index contributed by atoms with van der Waals surface area (Å²) in [6.07, 6.45) is 3.92. The van der Waals surface area contributed by atoms with Crippen LogP contribution in [0, 0.1) is 11.6 Å². The fourth-order valence-electron chi connectivity index (χ4n) is 2.68. The van der Waals surface area contributed by atoms with E-state index in [0.717, 1.165) is 24.5 Å². The van der Waals surface area contributed by atoms with Crippen molar-refractivity contribution in [1.29, 1.82) is 0 Å². The van der Waals surface area contributed by atoms with Crippen molar-refractivity contribution in [2.45, 2.75) is 17.9 Å². The molecule has 0 spiro atoms. The Morgan fingerprint density at radius 2 is 1.96 bits per heavy atom. The number of hydrogen-bond donors (Lipinski definition) is 3. The molecule has 2 rings (SSSR count). The number of hydrazine groups is 1. The fraction of sp³-hybridized carbons (Fsp3) is 0.222. The van der Waals surface area contributed by atoms with Crippen LogP contribution in [0.3, 0.4) is 0 Å². The first-order valence-electron chi connectivity index (χ1n) is 8.02. The third-order valence-electron chi connectivity index (χ3n) is 4.05. The zero-order valence-corrected chi connectivity index (χ0v) is 14.7. The summed E-state index contributed by atoms with van der Waals surface area (Å²) in [5, 5.41) is 14.5. The Morgan fingerprint density at radius 3 is 2.50 bits per heavy atom. The van der Waals surface area contributed by atoms with E-state index in [0.29, 0.717) is 23.1 Å². The van der Waals surface area contributed by atoms with Crippen LogP contribution in [0.2, 0.25) is 0 Å². The van der Waals surface area contributed by atoms with Gasteiger partial charge in [-0.3, -0.25) is 9.99 Å². The maximum atomic E-state index is 15.3. The highest BCUT2D eigenvalue weighted by Gasteiger charge is 2.58. The van der Waals surface area contributed by atoms with Crippen LogP contribution in [0.5, 0.6) is 0 Å². The van der Waals surface area contributed by atoms with Gasteiger partial charge in [0.2, 0.25) is 0 Å². The molecule has 0 amide bonds. The van der Waals surface area contributed by atoms with Crippen molar-refractivity contribution in [2.75, 3.05) is 6.54 Å². The van der Waals surface area contributed by atoms with Gasteiger partial charge in [-0.1, -0.05) is 12.1 Å². The molecular weight excluding hydrogens is 378 g/mol. The summed E-state index contributed by atoms with van der Waals surface area (Å²) in [6, 6.07) is 4.23. The first kappa shape index (κ1) is 21.3. The van der Waals surface area contributed by atoms with Crippen LogP contribution in [-0.2, 0) is 17.9 Å². The van der Waals surface area contributed by atoms with Crippen molar-refractivity contribution in [3.8, 4) is 0 Å². The summed E-state index contributed by atoms with van der Waals surface area (Å²) in [6.45, 7) is 2.53. The van der Waals surface area contributed by atoms with Crippen LogP contribution >= 0.6 is 0 Å². The van der Waals surface area contributed by atoms with Crippen molar-refractivity contribution < 1.29 is 22.7 Å². The zero-order valence-electron chi connectivity index (χ0n) is 14.7. The van der Waals surface area contributed by atoms with Gasteiger partial charge in [0.25, 0.3) is 0 Å². The van der Waals surface area contributed by atoms with Crippen molar-refractivity contribution >= 4 is 6.34 Å². The molecule has 5 N–H and O–H groups in total. The van der Waals surface area contributed by atoms with Crippen molar-refractivity contribution in [1.82, 2.24) is 9.99 Å². The van der Waals surface area contributed by atoms with Gasteiger partial charge in [0, 0.05) is 17.8 Å². The van der Waals surface area contributed by atoms with Gasteiger partial charge in [0.05, 0.1) is 6.54 Å². The summed E-state index contributed by atoms with van der Waals surface area (Å²) < 4.78 is 58.2. The molecule has 1 aromatic carbocycles. The summed E-state index contributed by atoms with van der Waals surface area (Å²) in [4.78, 5) is 3.69. The SMILES string of the molecule is C=CCc1ccc(C(F)(F)C(O)(CN(N)/C=N\N)c2ccc(F)cc2F)nc1. The molecule has 150 valence electrons. The number of hydrazone groups is 1. The quantitative estimate of drug-likeness (QED) is 0.158. The summed E-state index contributed by atoms with van der Waals surface area (Å²) >= 11 is 0. The highest BCUT2D eigenvalue weighted by molar-refractivity contribution is 5.53. The van der Waals surface area contributed by atoms with E-state index in [4.69, 9.17) is 11.7 Å². The van der Waals surface area contributed by atoms with Gasteiger partial charge < -0.3 is 10.9 Å². The van der Waals surface area contributed by atoms with E-state index in [1.807, 2.05) is 0 Å². The first-order valence-corrected chi connectivity index (χ1v) is 8.02. The number of aliphatic hydroxyl groups is 1. The molecule has 28 heavy (non-hydrogen) atoms. The highest BCUT2D eigenvalue weighted by Crippen LogP contribution is 2.45. The molecule has 0 saturated heterocycles. The standard InChI is InChI=1S/C18H19F4N5O/c1-2-3-12-4-7-16(25-9-12)18(21,22)17(28,10-27(24)11-26-23)14-6-5-13(19)8-15(14)20/h2,4-9,11,28H,1,3,10,23-24H2/b26-11-. The van der Waals surface area contributed by atoms with Gasteiger partial charge in [0.1, 0.15) is 23.7 Å². The Balaban J connectivity index is 2.59. The van der Waals surface area contributed by atoms with Crippen LogP contribution in [-0.4, -0.2) is 28.0 Å². The molecule has 0 saturated carbocycles. The highest BCUT2D eigenvalue weighted by atomic mass is 19.3. The summed E-state index contributed by atoms with van der Waals surface area (Å²) in [7, 11) is 0. The molecular formula is C18H19F4N5O. The lowest BCUT2D eigenvalue weighted by Gasteiger charge is -2.37. The average molecular weight is 397 g/mol. The lowest BCUT2D eigenvalue weighted by Crippen LogP contribution is -2.53. The number of halogens is 4. The molecule has 0 bridgehead atoms. The minimum absolute atomic E-state index is 0.384. The van der Waals surface area contributed by atoms with Crippen molar-refractivity contribution in [2.24, 2.45) is 16.8 Å². The Kier molecular flexibility index (Phi) is 6.37. The van der Waals surface area contributed by atoms with E-state index in [9.17, 15) is 13.9 Å². The van der Waals surface area contributed by atoms with Crippen molar-refractivity contribution in [3.63, 3.8) is 0 Å². The molecule has 0 radical (unpaired) electrons. The normalized spacial score (nSPS) is 14.1. The van der Waals surface area contributed by atoms with Crippen LogP contribution in [0.1, 0.15) is 16.8 Å². The van der Waals surface area contributed by atoms with Gasteiger partial charge in [-0.2, -0.15) is 13.9 Å². The topological polar surface area (TPSA) is 101 Å². The average Bonchev–Trinajstić information content (AvgIpc) is 2.62. The van der Waals surface area contributed by atoms with E-state index in [-0.39, 0.29) is 0 Å². The predicted octanol–water partition coefficient (Wildman–Crippen LogP) is 2.15. The third kappa shape index (κ3) is 4.12. The molecule has 2 aromatic rings. The largest absolute Gasteiger partial charge is 0.377 e.